The molecule has 0 bridgehead atoms. The lowest BCUT2D eigenvalue weighted by Gasteiger charge is -2.45. The van der Waals surface area contributed by atoms with Gasteiger partial charge in [-0.25, -0.2) is 19.6 Å². The lowest BCUT2D eigenvalue weighted by molar-refractivity contribution is -0.226. The Morgan fingerprint density at radius 2 is 1.20 bits per heavy atom. The van der Waals surface area contributed by atoms with Gasteiger partial charge in [0.15, 0.2) is 17.0 Å². The number of carboxylic acid groups (broad SMARTS) is 1. The Labute approximate surface area is 346 Å². The average molecular weight is 825 g/mol. The number of nitrogens with zero attached hydrogens (tertiary/aromatic N) is 4. The van der Waals surface area contributed by atoms with Gasteiger partial charge in [0.1, 0.15) is 13.2 Å². The predicted octanol–water partition coefficient (Wildman–Crippen LogP) is 3.39. The van der Waals surface area contributed by atoms with Gasteiger partial charge in [-0.15, -0.1) is 0 Å². The third-order valence-electron chi connectivity index (χ3n) is 11.9. The largest absolute Gasteiger partial charge is 0.480 e. The topological polar surface area (TPSA) is 224 Å². The maximum absolute atomic E-state index is 14.2. The number of nitrogens with one attached hydrogen (secondary N) is 1. The number of aliphatic carboxylic acids is 1. The van der Waals surface area contributed by atoms with E-state index in [0.717, 1.165) is 32.9 Å². The van der Waals surface area contributed by atoms with E-state index < -0.39 is 29.1 Å². The van der Waals surface area contributed by atoms with Gasteiger partial charge in [-0.1, -0.05) is 50.2 Å². The number of aromatic nitrogens is 4. The van der Waals surface area contributed by atoms with Crippen LogP contribution >= 0.6 is 0 Å². The zero-order valence-corrected chi connectivity index (χ0v) is 33.3. The number of ketones is 1. The summed E-state index contributed by atoms with van der Waals surface area (Å²) in [5.41, 5.74) is 7.47. The number of cyclic esters (lactones) is 2. The summed E-state index contributed by atoms with van der Waals surface area (Å²) in [6.07, 6.45) is 0.0643. The number of nitrogens with two attached hydrogens (primary N) is 1. The number of carbonyl (C=O) groups excluding carboxylic acids is 3. The van der Waals surface area contributed by atoms with E-state index >= 15 is 0 Å². The summed E-state index contributed by atoms with van der Waals surface area (Å²) in [7, 11) is 0. The van der Waals surface area contributed by atoms with Crippen LogP contribution in [-0.4, -0.2) is 67.5 Å². The smallest absolute Gasteiger partial charge is 0.343 e. The molecule has 16 heteroatoms. The van der Waals surface area contributed by atoms with E-state index in [4.69, 9.17) is 35.0 Å². The quantitative estimate of drug-likeness (QED) is 0.178. The molecule has 4 N–H and O–H groups in total. The van der Waals surface area contributed by atoms with Crippen molar-refractivity contribution < 1.29 is 38.5 Å². The van der Waals surface area contributed by atoms with Gasteiger partial charge in [-0.05, 0) is 49.2 Å². The van der Waals surface area contributed by atoms with Crippen LogP contribution in [0.25, 0.3) is 44.6 Å². The van der Waals surface area contributed by atoms with E-state index in [1.54, 1.807) is 35.1 Å². The SMILES string of the molecule is CC[C@@]1(O[C@]2(CC)C(=O)OCc3c2cc2n(c3=O)Cc3cc4ccccc4nc3-2)C(=O)OCc2c1cc1n(c2=O)Cc2cc3ccccc3nc2-1.NCC(=O)CNCC(=O)O. The standard InChI is InChI=1S/C40H30N4O7.C5H10N2O3/c1-3-39(27-15-31-33-23(13-21-9-5-7-11-29(21)41-33)17-43(31)35(45)25(27)19-49-37(39)47)51-40(4-2)28-16-32-34-24(14-22-10-6-8-12-30(22)42-34)18-44(32)36(46)26(28)20-50-38(40)48;6-1-4(8)2-7-3-5(9)10/h5-16H,3-4,17-20H2,1-2H3;7H,1-3,6H2,(H,9,10)/t39-,40-;/m0./s1. The number of ether oxygens (including phenoxy) is 3. The third kappa shape index (κ3) is 6.24. The predicted molar refractivity (Wildman–Crippen MR) is 220 cm³/mol. The zero-order valence-electron chi connectivity index (χ0n) is 33.3. The molecule has 8 heterocycles. The molecule has 310 valence electrons. The lowest BCUT2D eigenvalue weighted by atomic mass is 9.81. The van der Waals surface area contributed by atoms with Crippen LogP contribution in [0.3, 0.4) is 0 Å². The maximum atomic E-state index is 14.2. The molecule has 61 heavy (non-hydrogen) atoms. The number of fused-ring (bicyclic) bond motifs is 10. The van der Waals surface area contributed by atoms with Crippen LogP contribution in [0.4, 0.5) is 0 Å². The minimum atomic E-state index is -1.88. The van der Waals surface area contributed by atoms with Gasteiger partial charge in [0, 0.05) is 33.0 Å². The molecule has 2 aromatic carbocycles. The van der Waals surface area contributed by atoms with Crippen LogP contribution in [0.5, 0.6) is 0 Å². The molecule has 4 aliphatic rings. The number of hydrogen-bond acceptors (Lipinski definition) is 13. The van der Waals surface area contributed by atoms with Crippen LogP contribution in [0.1, 0.15) is 60.1 Å². The molecule has 4 aliphatic heterocycles. The van der Waals surface area contributed by atoms with Crippen molar-refractivity contribution in [3.63, 3.8) is 0 Å². The Hall–Kier alpha value is -6.88. The van der Waals surface area contributed by atoms with Crippen molar-refractivity contribution in [1.29, 1.82) is 0 Å². The highest BCUT2D eigenvalue weighted by Crippen LogP contribution is 2.49. The van der Waals surface area contributed by atoms with Crippen molar-refractivity contribution in [2.24, 2.45) is 5.73 Å². The first-order valence-corrected chi connectivity index (χ1v) is 19.9. The van der Waals surface area contributed by atoms with Gasteiger partial charge >= 0.3 is 17.9 Å². The fourth-order valence-corrected chi connectivity index (χ4v) is 8.84. The van der Waals surface area contributed by atoms with E-state index in [1.165, 1.54) is 0 Å². The summed E-state index contributed by atoms with van der Waals surface area (Å²) >= 11 is 0. The Bertz CT molecular complexity index is 2830. The Kier molecular flexibility index (Phi) is 9.72. The number of hydrogen-bond donors (Lipinski definition) is 3. The molecule has 6 aromatic rings. The summed E-state index contributed by atoms with van der Waals surface area (Å²) in [5, 5.41) is 12.4. The number of carbonyl (C=O) groups is 4. The van der Waals surface area contributed by atoms with E-state index in [9.17, 15) is 28.8 Å². The van der Waals surface area contributed by atoms with Crippen molar-refractivity contribution in [3.8, 4) is 22.8 Å². The highest BCUT2D eigenvalue weighted by molar-refractivity contribution is 5.90. The first-order chi connectivity index (χ1) is 29.4. The number of pyridine rings is 4. The van der Waals surface area contributed by atoms with Gasteiger partial charge in [0.2, 0.25) is 0 Å². The Morgan fingerprint density at radius 3 is 1.62 bits per heavy atom. The first-order valence-electron chi connectivity index (χ1n) is 19.9. The molecular formula is C45H40N6O10. The Morgan fingerprint density at radius 1 is 0.738 bits per heavy atom. The third-order valence-corrected chi connectivity index (χ3v) is 11.9. The first kappa shape index (κ1) is 39.6. The van der Waals surface area contributed by atoms with E-state index in [0.29, 0.717) is 47.0 Å². The molecule has 0 saturated heterocycles. The maximum Gasteiger partial charge on any atom is 0.343 e. The molecule has 0 amide bonds. The van der Waals surface area contributed by atoms with Crippen LogP contribution in [0.2, 0.25) is 0 Å². The molecule has 4 aromatic heterocycles. The number of benzene rings is 2. The van der Waals surface area contributed by atoms with E-state index in [-0.39, 0.29) is 73.7 Å². The van der Waals surface area contributed by atoms with E-state index in [2.05, 4.69) is 5.32 Å². The fourth-order valence-electron chi connectivity index (χ4n) is 8.84. The minimum absolute atomic E-state index is 0.0306. The van der Waals surface area contributed by atoms with Crippen LogP contribution in [0, 0.1) is 0 Å². The average Bonchev–Trinajstić information content (AvgIpc) is 3.81. The van der Waals surface area contributed by atoms with Crippen LogP contribution in [0.15, 0.2) is 82.4 Å². The Balaban J connectivity index is 0.000000426. The summed E-state index contributed by atoms with van der Waals surface area (Å²) in [5.74, 6) is -2.63. The van der Waals surface area contributed by atoms with Crippen molar-refractivity contribution in [3.05, 3.63) is 127 Å². The van der Waals surface area contributed by atoms with Gasteiger partial charge < -0.3 is 39.5 Å². The normalized spacial score (nSPS) is 19.1. The van der Waals surface area contributed by atoms with E-state index in [1.807, 2.05) is 60.7 Å². The highest BCUT2D eigenvalue weighted by atomic mass is 16.6. The second-order valence-electron chi connectivity index (χ2n) is 15.4. The molecule has 0 radical (unpaired) electrons. The van der Waals surface area contributed by atoms with Crippen molar-refractivity contribution in [1.82, 2.24) is 24.4 Å². The number of esters is 2. The number of rotatable bonds is 9. The molecule has 0 unspecified atom stereocenters. The number of para-hydroxylation sites is 2. The second kappa shape index (κ2) is 15.0. The summed E-state index contributed by atoms with van der Waals surface area (Å²) in [6.45, 7) is 3.44. The summed E-state index contributed by atoms with van der Waals surface area (Å²) in [6, 6.07) is 23.1. The monoisotopic (exact) mass is 824 g/mol. The molecular weight excluding hydrogens is 785 g/mol. The second-order valence-corrected chi connectivity index (χ2v) is 15.4. The van der Waals surface area contributed by atoms with Gasteiger partial charge in [-0.3, -0.25) is 19.2 Å². The molecule has 2 atom stereocenters. The molecule has 0 saturated carbocycles. The van der Waals surface area contributed by atoms with Gasteiger partial charge in [0.25, 0.3) is 11.1 Å². The van der Waals surface area contributed by atoms with Gasteiger partial charge in [0.05, 0.1) is 77.7 Å². The number of carboxylic acids is 1. The fraction of sp³-hybridized carbons (Fsp3) is 0.289. The molecule has 0 fully saturated rings. The summed E-state index contributed by atoms with van der Waals surface area (Å²) in [4.78, 5) is 86.8. The van der Waals surface area contributed by atoms with Crippen molar-refractivity contribution in [2.75, 3.05) is 19.6 Å². The van der Waals surface area contributed by atoms with Crippen LogP contribution < -0.4 is 22.2 Å². The highest BCUT2D eigenvalue weighted by Gasteiger charge is 2.58. The lowest BCUT2D eigenvalue weighted by Crippen LogP contribution is -2.55. The number of Topliss-reactive ketones (excluding diaryl/α,β-unsaturated/α-hetero) is 1. The zero-order chi connectivity index (χ0) is 42.8. The minimum Gasteiger partial charge on any atom is -0.480 e. The van der Waals surface area contributed by atoms with Crippen LogP contribution in [-0.2, 0) is 70.9 Å². The molecule has 16 nitrogen and oxygen atoms in total. The van der Waals surface area contributed by atoms with Gasteiger partial charge in [-0.2, -0.15) is 0 Å². The molecule has 0 spiro atoms. The van der Waals surface area contributed by atoms with Crippen molar-refractivity contribution >= 4 is 45.5 Å². The summed E-state index contributed by atoms with van der Waals surface area (Å²) < 4.78 is 21.7. The molecule has 0 aliphatic carbocycles. The molecule has 10 rings (SSSR count). The van der Waals surface area contributed by atoms with Crippen molar-refractivity contribution in [2.45, 2.75) is 64.2 Å².